The Morgan fingerprint density at radius 3 is 2.76 bits per heavy atom. The Balaban J connectivity index is 1.51. The van der Waals surface area contributed by atoms with E-state index in [1.54, 1.807) is 7.05 Å². The van der Waals surface area contributed by atoms with Gasteiger partial charge < -0.3 is 15.0 Å². The highest BCUT2D eigenvalue weighted by molar-refractivity contribution is 6.40. The minimum atomic E-state index is -0.598. The predicted octanol–water partition coefficient (Wildman–Crippen LogP) is 2.51. The molecule has 2 aromatic carbocycles. The summed E-state index contributed by atoms with van der Waals surface area (Å²) < 4.78 is 5.54. The second-order valence-electron chi connectivity index (χ2n) is 6.89. The zero-order valence-electron chi connectivity index (χ0n) is 14.4. The average molecular weight is 338 g/mol. The molecule has 1 heterocycles. The lowest BCUT2D eigenvalue weighted by Gasteiger charge is -2.20. The van der Waals surface area contributed by atoms with Gasteiger partial charge in [0, 0.05) is 31.3 Å². The lowest BCUT2D eigenvalue weighted by Crippen LogP contribution is -2.40. The molecule has 1 aliphatic heterocycles. The minimum absolute atomic E-state index is 0.0403. The summed E-state index contributed by atoms with van der Waals surface area (Å²) in [6.45, 7) is 1.19. The maximum absolute atomic E-state index is 12.4. The van der Waals surface area contributed by atoms with Crippen molar-refractivity contribution in [2.45, 2.75) is 31.8 Å². The Morgan fingerprint density at radius 2 is 2.00 bits per heavy atom. The summed E-state index contributed by atoms with van der Waals surface area (Å²) >= 11 is 0. The van der Waals surface area contributed by atoms with E-state index < -0.39 is 11.8 Å². The molecule has 0 saturated carbocycles. The van der Waals surface area contributed by atoms with Crippen LogP contribution >= 0.6 is 0 Å². The Labute approximate surface area is 146 Å². The van der Waals surface area contributed by atoms with Gasteiger partial charge in [-0.05, 0) is 48.3 Å². The zero-order chi connectivity index (χ0) is 17.4. The highest BCUT2D eigenvalue weighted by atomic mass is 16.5. The first-order valence-corrected chi connectivity index (χ1v) is 8.85. The van der Waals surface area contributed by atoms with Crippen LogP contribution in [0.25, 0.3) is 10.8 Å². The topological polar surface area (TPSA) is 58.6 Å². The monoisotopic (exact) mass is 338 g/mol. The molecule has 25 heavy (non-hydrogen) atoms. The summed E-state index contributed by atoms with van der Waals surface area (Å²) in [5.74, 6) is -1.13. The number of hydrogen-bond donors (Lipinski definition) is 1. The van der Waals surface area contributed by atoms with E-state index in [2.05, 4.69) is 17.4 Å². The second-order valence-corrected chi connectivity index (χ2v) is 6.89. The van der Waals surface area contributed by atoms with Crippen LogP contribution < -0.4 is 5.32 Å². The maximum atomic E-state index is 12.4. The maximum Gasteiger partial charge on any atom is 0.313 e. The van der Waals surface area contributed by atoms with Gasteiger partial charge in [-0.1, -0.05) is 24.3 Å². The van der Waals surface area contributed by atoms with Gasteiger partial charge >= 0.3 is 11.8 Å². The lowest BCUT2D eigenvalue weighted by molar-refractivity contribution is -0.143. The summed E-state index contributed by atoms with van der Waals surface area (Å²) in [7, 11) is 1.65. The van der Waals surface area contributed by atoms with Crippen LogP contribution in [0.3, 0.4) is 0 Å². The fraction of sp³-hybridized carbons (Fsp3) is 0.400. The Kier molecular flexibility index (Phi) is 4.17. The SMILES string of the molecule is CN(CC1CCCO1)C(=O)C(=O)Nc1ccc2c3c(cccc13)CC2. The van der Waals surface area contributed by atoms with Gasteiger partial charge in [-0.15, -0.1) is 0 Å². The largest absolute Gasteiger partial charge is 0.376 e. The first-order chi connectivity index (χ1) is 12.1. The van der Waals surface area contributed by atoms with Crippen molar-refractivity contribution in [3.8, 4) is 0 Å². The molecule has 0 spiro atoms. The number of benzene rings is 2. The van der Waals surface area contributed by atoms with E-state index in [0.29, 0.717) is 12.2 Å². The number of likely N-dealkylation sites (N-methyl/N-ethyl adjacent to an activating group) is 1. The number of hydrogen-bond acceptors (Lipinski definition) is 3. The van der Waals surface area contributed by atoms with Gasteiger partial charge in [0.25, 0.3) is 0 Å². The Hall–Kier alpha value is -2.40. The first kappa shape index (κ1) is 16.1. The number of nitrogens with zero attached hydrogens (tertiary/aromatic N) is 1. The number of anilines is 1. The number of aryl methyl sites for hydroxylation is 2. The summed E-state index contributed by atoms with van der Waals surface area (Å²) in [5, 5.41) is 5.03. The van der Waals surface area contributed by atoms with Crippen LogP contribution in [-0.2, 0) is 27.2 Å². The average Bonchev–Trinajstić information content (AvgIpc) is 3.27. The van der Waals surface area contributed by atoms with Crippen molar-refractivity contribution in [1.82, 2.24) is 4.90 Å². The molecular formula is C20H22N2O3. The van der Waals surface area contributed by atoms with E-state index in [-0.39, 0.29) is 6.10 Å². The van der Waals surface area contributed by atoms with Crippen LogP contribution in [0.15, 0.2) is 30.3 Å². The third-order valence-corrected chi connectivity index (χ3v) is 5.17. The number of rotatable bonds is 3. The molecule has 0 radical (unpaired) electrons. The van der Waals surface area contributed by atoms with Crippen molar-refractivity contribution in [2.24, 2.45) is 0 Å². The normalized spacial score (nSPS) is 18.5. The fourth-order valence-corrected chi connectivity index (χ4v) is 3.88. The molecule has 2 amide bonds. The van der Waals surface area contributed by atoms with Gasteiger partial charge in [0.15, 0.2) is 0 Å². The standard InChI is InChI=1S/C20H22N2O3/c1-22(12-15-5-3-11-25-15)20(24)19(23)21-17-10-9-14-8-7-13-4-2-6-16(17)18(13)14/h2,4,6,9-10,15H,3,5,7-8,11-12H2,1H3,(H,21,23). The van der Waals surface area contributed by atoms with Crippen molar-refractivity contribution in [3.63, 3.8) is 0 Å². The number of ether oxygens (including phenoxy) is 1. The molecule has 1 fully saturated rings. The fourth-order valence-electron chi connectivity index (χ4n) is 3.88. The molecule has 1 saturated heterocycles. The van der Waals surface area contributed by atoms with Crippen LogP contribution in [-0.4, -0.2) is 43.0 Å². The number of carbonyl (C=O) groups is 2. The van der Waals surface area contributed by atoms with Gasteiger partial charge in [-0.2, -0.15) is 0 Å². The molecule has 2 aliphatic rings. The zero-order valence-corrected chi connectivity index (χ0v) is 14.4. The molecular weight excluding hydrogens is 316 g/mol. The molecule has 4 rings (SSSR count). The van der Waals surface area contributed by atoms with E-state index in [0.717, 1.165) is 37.7 Å². The van der Waals surface area contributed by atoms with Gasteiger partial charge in [-0.25, -0.2) is 0 Å². The van der Waals surface area contributed by atoms with E-state index in [9.17, 15) is 9.59 Å². The summed E-state index contributed by atoms with van der Waals surface area (Å²) in [5.41, 5.74) is 3.32. The molecule has 1 aliphatic carbocycles. The summed E-state index contributed by atoms with van der Waals surface area (Å²) in [6, 6.07) is 10.1. The van der Waals surface area contributed by atoms with Gasteiger partial charge in [-0.3, -0.25) is 9.59 Å². The number of carbonyl (C=O) groups excluding carboxylic acids is 2. The summed E-state index contributed by atoms with van der Waals surface area (Å²) in [4.78, 5) is 26.2. The quantitative estimate of drug-likeness (QED) is 0.875. The van der Waals surface area contributed by atoms with E-state index >= 15 is 0 Å². The van der Waals surface area contributed by atoms with Crippen molar-refractivity contribution >= 4 is 28.3 Å². The smallest absolute Gasteiger partial charge is 0.313 e. The van der Waals surface area contributed by atoms with Crippen LogP contribution in [0.2, 0.25) is 0 Å². The molecule has 0 bridgehead atoms. The molecule has 5 nitrogen and oxygen atoms in total. The Bertz CT molecular complexity index is 830. The van der Waals surface area contributed by atoms with Crippen LogP contribution in [0.1, 0.15) is 24.0 Å². The third kappa shape index (κ3) is 3.00. The predicted molar refractivity (Wildman–Crippen MR) is 96.6 cm³/mol. The second kappa shape index (κ2) is 6.48. The molecule has 5 heteroatoms. The Morgan fingerprint density at radius 1 is 1.20 bits per heavy atom. The van der Waals surface area contributed by atoms with Crippen molar-refractivity contribution in [2.75, 3.05) is 25.5 Å². The van der Waals surface area contributed by atoms with Crippen LogP contribution in [0.4, 0.5) is 5.69 Å². The van der Waals surface area contributed by atoms with Crippen molar-refractivity contribution in [1.29, 1.82) is 0 Å². The number of amides is 2. The van der Waals surface area contributed by atoms with Gasteiger partial charge in [0.05, 0.1) is 6.10 Å². The van der Waals surface area contributed by atoms with E-state index in [1.165, 1.54) is 21.4 Å². The van der Waals surface area contributed by atoms with Gasteiger partial charge in [0.2, 0.25) is 0 Å². The van der Waals surface area contributed by atoms with Crippen molar-refractivity contribution < 1.29 is 14.3 Å². The molecule has 1 unspecified atom stereocenters. The molecule has 1 atom stereocenters. The van der Waals surface area contributed by atoms with Gasteiger partial charge in [0.1, 0.15) is 0 Å². The highest BCUT2D eigenvalue weighted by Gasteiger charge is 2.25. The van der Waals surface area contributed by atoms with E-state index in [4.69, 9.17) is 4.74 Å². The number of nitrogens with one attached hydrogen (secondary N) is 1. The third-order valence-electron chi connectivity index (χ3n) is 5.17. The van der Waals surface area contributed by atoms with Crippen LogP contribution in [0.5, 0.6) is 0 Å². The van der Waals surface area contributed by atoms with Crippen LogP contribution in [0, 0.1) is 0 Å². The molecule has 2 aromatic rings. The molecule has 0 aromatic heterocycles. The highest BCUT2D eigenvalue weighted by Crippen LogP contribution is 2.34. The van der Waals surface area contributed by atoms with Crippen molar-refractivity contribution in [3.05, 3.63) is 41.5 Å². The minimum Gasteiger partial charge on any atom is -0.376 e. The lowest BCUT2D eigenvalue weighted by atomic mass is 10.0. The first-order valence-electron chi connectivity index (χ1n) is 8.85. The molecule has 130 valence electrons. The van der Waals surface area contributed by atoms with E-state index in [1.807, 2.05) is 18.2 Å². The summed E-state index contributed by atoms with van der Waals surface area (Å²) in [6.07, 6.45) is 4.06. The molecule has 1 N–H and O–H groups in total.